The van der Waals surface area contributed by atoms with Gasteiger partial charge < -0.3 is 14.7 Å². The molecule has 10 rings (SSSR count). The van der Waals surface area contributed by atoms with E-state index in [1.807, 2.05) is 6.20 Å². The van der Waals surface area contributed by atoms with Gasteiger partial charge in [-0.3, -0.25) is 4.57 Å². The van der Waals surface area contributed by atoms with Crippen LogP contribution < -0.4 is 14.7 Å². The summed E-state index contributed by atoms with van der Waals surface area (Å²) in [5, 5.41) is 2.39. The topological polar surface area (TPSA) is 27.5 Å². The van der Waals surface area contributed by atoms with E-state index < -0.39 is 0 Å². The molecular weight excluding hydrogens is 659 g/mol. The Morgan fingerprint density at radius 3 is 1.93 bits per heavy atom. The third-order valence-corrected chi connectivity index (χ3v) is 10.6. The number of rotatable bonds is 7. The van der Waals surface area contributed by atoms with Crippen molar-refractivity contribution in [3.63, 3.8) is 0 Å². The second kappa shape index (κ2) is 13.1. The zero-order valence-electron chi connectivity index (χ0n) is 29.9. The van der Waals surface area contributed by atoms with E-state index in [9.17, 15) is 0 Å². The predicted molar refractivity (Wildman–Crippen MR) is 225 cm³/mol. The zero-order chi connectivity index (χ0) is 36.0. The van der Waals surface area contributed by atoms with Crippen LogP contribution in [0.15, 0.2) is 194 Å². The molecule has 0 saturated heterocycles. The van der Waals surface area contributed by atoms with Crippen LogP contribution in [0.5, 0.6) is 0 Å². The summed E-state index contributed by atoms with van der Waals surface area (Å²) in [6.45, 7) is 2.88. The van der Waals surface area contributed by atoms with E-state index in [1.54, 1.807) is 0 Å². The molecule has 0 aliphatic carbocycles. The van der Waals surface area contributed by atoms with Crippen LogP contribution in [-0.2, 0) is 0 Å². The molecule has 0 fully saturated rings. The molecular formula is C49H37N5. The highest BCUT2D eigenvalue weighted by atomic mass is 15.4. The summed E-state index contributed by atoms with van der Waals surface area (Å²) in [7, 11) is 0. The number of anilines is 7. The first-order valence-electron chi connectivity index (χ1n) is 18.4. The zero-order valence-corrected chi connectivity index (χ0v) is 29.9. The number of fused-ring (bicyclic) bond motifs is 4. The number of aromatic nitrogens is 2. The Labute approximate surface area is 315 Å². The van der Waals surface area contributed by atoms with Crippen molar-refractivity contribution in [1.29, 1.82) is 0 Å². The van der Waals surface area contributed by atoms with Crippen molar-refractivity contribution in [2.24, 2.45) is 0 Å². The van der Waals surface area contributed by atoms with E-state index in [2.05, 4.69) is 214 Å². The smallest absolute Gasteiger partial charge is 0.138 e. The molecule has 1 aliphatic heterocycles. The lowest BCUT2D eigenvalue weighted by Gasteiger charge is -2.28. The molecule has 3 heterocycles. The van der Waals surface area contributed by atoms with Crippen LogP contribution in [0, 0.1) is 6.92 Å². The van der Waals surface area contributed by atoms with Crippen molar-refractivity contribution >= 4 is 61.6 Å². The molecule has 258 valence electrons. The maximum Gasteiger partial charge on any atom is 0.138 e. The maximum absolute atomic E-state index is 4.97. The Morgan fingerprint density at radius 2 is 1.11 bits per heavy atom. The van der Waals surface area contributed by atoms with Crippen LogP contribution in [0.2, 0.25) is 0 Å². The Balaban J connectivity index is 1.12. The first-order chi connectivity index (χ1) is 26.7. The second-order valence-corrected chi connectivity index (χ2v) is 13.8. The first kappa shape index (κ1) is 31.6. The van der Waals surface area contributed by atoms with Crippen LogP contribution >= 0.6 is 0 Å². The highest BCUT2D eigenvalue weighted by molar-refractivity contribution is 6.10. The predicted octanol–water partition coefficient (Wildman–Crippen LogP) is 12.9. The molecule has 0 bridgehead atoms. The normalized spacial score (nSPS) is 12.4. The summed E-state index contributed by atoms with van der Waals surface area (Å²) in [6.07, 6.45) is 1.93. The van der Waals surface area contributed by atoms with Gasteiger partial charge >= 0.3 is 0 Å². The van der Waals surface area contributed by atoms with Crippen molar-refractivity contribution in [3.8, 4) is 16.9 Å². The molecule has 0 spiro atoms. The van der Waals surface area contributed by atoms with Crippen molar-refractivity contribution in [1.82, 2.24) is 9.55 Å². The Morgan fingerprint density at radius 1 is 0.481 bits per heavy atom. The van der Waals surface area contributed by atoms with Gasteiger partial charge in [-0.2, -0.15) is 0 Å². The monoisotopic (exact) mass is 695 g/mol. The number of hydrogen-bond acceptors (Lipinski definition) is 4. The average Bonchev–Trinajstić information content (AvgIpc) is 3.78. The lowest BCUT2D eigenvalue weighted by Crippen LogP contribution is -2.24. The summed E-state index contributed by atoms with van der Waals surface area (Å²) in [4.78, 5) is 12.1. The standard InChI is InChI=1S/C49H37N5/c1-35-15-8-9-22-42(35)36-29-30-50-49(31-36)54-45-24-11-10-23-43(45)44-28-27-41(33-48(44)54)53(38-18-6-3-7-19-38)40-21-14-20-39(32-40)52-34-51(37-16-4-2-5-17-37)46-25-12-13-26-47(46)52/h2-33H,34H2,1H3. The van der Waals surface area contributed by atoms with Crippen molar-refractivity contribution < 1.29 is 0 Å². The molecule has 0 unspecified atom stereocenters. The molecule has 0 saturated carbocycles. The van der Waals surface area contributed by atoms with Gasteiger partial charge in [0.25, 0.3) is 0 Å². The summed E-state index contributed by atoms with van der Waals surface area (Å²) >= 11 is 0. The lowest BCUT2D eigenvalue weighted by molar-refractivity contribution is 0.990. The molecule has 54 heavy (non-hydrogen) atoms. The average molecular weight is 696 g/mol. The van der Waals surface area contributed by atoms with Crippen LogP contribution in [0.1, 0.15) is 5.56 Å². The van der Waals surface area contributed by atoms with Crippen LogP contribution in [-0.4, -0.2) is 16.2 Å². The SMILES string of the molecule is Cc1ccccc1-c1ccnc(-n2c3ccccc3c3ccc(N(c4ccccc4)c4cccc(N5CN(c6ccccc6)c6ccccc65)c4)cc32)c1. The molecule has 5 heteroatoms. The van der Waals surface area contributed by atoms with Gasteiger partial charge in [0.05, 0.1) is 22.4 Å². The van der Waals surface area contributed by atoms with Gasteiger partial charge in [-0.15, -0.1) is 0 Å². The number of benzene rings is 7. The van der Waals surface area contributed by atoms with E-state index in [4.69, 9.17) is 4.98 Å². The highest BCUT2D eigenvalue weighted by Gasteiger charge is 2.28. The summed E-state index contributed by atoms with van der Waals surface area (Å²) in [5.74, 6) is 0.892. The first-order valence-corrected chi connectivity index (χ1v) is 18.4. The fourth-order valence-electron chi connectivity index (χ4n) is 8.04. The number of nitrogens with zero attached hydrogens (tertiary/aromatic N) is 5. The van der Waals surface area contributed by atoms with E-state index in [1.165, 1.54) is 39.0 Å². The third kappa shape index (κ3) is 5.37. The quantitative estimate of drug-likeness (QED) is 0.166. The highest BCUT2D eigenvalue weighted by Crippen LogP contribution is 2.46. The molecule has 1 aliphatic rings. The minimum Gasteiger partial charge on any atom is -0.321 e. The molecule has 0 N–H and O–H groups in total. The van der Waals surface area contributed by atoms with E-state index in [-0.39, 0.29) is 0 Å². The minimum absolute atomic E-state index is 0.721. The van der Waals surface area contributed by atoms with Crippen molar-refractivity contribution in [3.05, 3.63) is 200 Å². The molecule has 2 aromatic heterocycles. The minimum atomic E-state index is 0.721. The lowest BCUT2D eigenvalue weighted by atomic mass is 10.0. The van der Waals surface area contributed by atoms with Crippen LogP contribution in [0.4, 0.5) is 39.8 Å². The summed E-state index contributed by atoms with van der Waals surface area (Å²) in [5.41, 5.74) is 13.8. The van der Waals surface area contributed by atoms with Gasteiger partial charge in [0.15, 0.2) is 0 Å². The van der Waals surface area contributed by atoms with E-state index in [0.29, 0.717) is 0 Å². The molecule has 7 aromatic carbocycles. The summed E-state index contributed by atoms with van der Waals surface area (Å²) < 4.78 is 2.31. The number of pyridine rings is 1. The molecule has 5 nitrogen and oxygen atoms in total. The Hall–Kier alpha value is -7.11. The molecule has 9 aromatic rings. The fraction of sp³-hybridized carbons (Fsp3) is 0.0408. The molecule has 0 amide bonds. The summed E-state index contributed by atoms with van der Waals surface area (Å²) in [6, 6.07) is 67.2. The fourth-order valence-corrected chi connectivity index (χ4v) is 8.04. The van der Waals surface area contributed by atoms with Crippen LogP contribution in [0.25, 0.3) is 38.8 Å². The van der Waals surface area contributed by atoms with Gasteiger partial charge in [-0.05, 0) is 109 Å². The maximum atomic E-state index is 4.97. The number of para-hydroxylation sites is 5. The number of aryl methyl sites for hydroxylation is 1. The van der Waals surface area contributed by atoms with Crippen LogP contribution in [0.3, 0.4) is 0 Å². The van der Waals surface area contributed by atoms with Gasteiger partial charge in [0.2, 0.25) is 0 Å². The largest absolute Gasteiger partial charge is 0.321 e. The Bertz CT molecular complexity index is 2790. The number of hydrogen-bond donors (Lipinski definition) is 0. The molecule has 0 atom stereocenters. The van der Waals surface area contributed by atoms with E-state index in [0.717, 1.165) is 51.8 Å². The van der Waals surface area contributed by atoms with Gasteiger partial charge in [0.1, 0.15) is 12.5 Å². The van der Waals surface area contributed by atoms with Crippen molar-refractivity contribution in [2.75, 3.05) is 21.4 Å². The van der Waals surface area contributed by atoms with E-state index >= 15 is 0 Å². The second-order valence-electron chi connectivity index (χ2n) is 13.8. The van der Waals surface area contributed by atoms with Gasteiger partial charge in [0, 0.05) is 45.4 Å². The van der Waals surface area contributed by atoms with Gasteiger partial charge in [-0.25, -0.2) is 4.98 Å². The Kier molecular flexibility index (Phi) is 7.69. The van der Waals surface area contributed by atoms with Gasteiger partial charge in [-0.1, -0.05) is 103 Å². The third-order valence-electron chi connectivity index (χ3n) is 10.6. The van der Waals surface area contributed by atoms with Crippen molar-refractivity contribution in [2.45, 2.75) is 6.92 Å². The molecule has 0 radical (unpaired) electrons.